The number of fused-ring (bicyclic) bond motifs is 10. The van der Waals surface area contributed by atoms with E-state index in [0.29, 0.717) is 0 Å². The Kier molecular flexibility index (Phi) is 6.54. The lowest BCUT2D eigenvalue weighted by Crippen LogP contribution is -1.95. The highest BCUT2D eigenvalue weighted by molar-refractivity contribution is 7.26. The molecule has 0 aliphatic carbocycles. The summed E-state index contributed by atoms with van der Waals surface area (Å²) >= 11 is 1.89. The van der Waals surface area contributed by atoms with Crippen molar-refractivity contribution >= 4 is 85.9 Å². The molecule has 3 heteroatoms. The third kappa shape index (κ3) is 4.54. The number of hydrogen-bond acceptors (Lipinski definition) is 1. The summed E-state index contributed by atoms with van der Waals surface area (Å²) in [6.07, 6.45) is 0. The Bertz CT molecular complexity index is 3490. The number of thiophene rings is 1. The fraction of sp³-hybridized carbons (Fsp3) is 0. The van der Waals surface area contributed by atoms with Crippen molar-refractivity contribution in [3.63, 3.8) is 0 Å². The predicted octanol–water partition coefficient (Wildman–Crippen LogP) is 14.7. The van der Waals surface area contributed by atoms with Gasteiger partial charge < -0.3 is 9.13 Å². The normalized spacial score (nSPS) is 12.0. The first-order valence-corrected chi connectivity index (χ1v) is 19.7. The second-order valence-corrected chi connectivity index (χ2v) is 15.6. The maximum atomic E-state index is 2.46. The van der Waals surface area contributed by atoms with Crippen LogP contribution < -0.4 is 0 Å². The molecular weight excluding hydrogens is 685 g/mol. The maximum absolute atomic E-state index is 2.46. The van der Waals surface area contributed by atoms with Crippen LogP contribution in [0.5, 0.6) is 0 Å². The van der Waals surface area contributed by atoms with Gasteiger partial charge in [0.2, 0.25) is 0 Å². The van der Waals surface area contributed by atoms with Crippen molar-refractivity contribution in [2.45, 2.75) is 0 Å². The number of aromatic nitrogens is 2. The van der Waals surface area contributed by atoms with Crippen LogP contribution in [0.25, 0.3) is 108 Å². The third-order valence-corrected chi connectivity index (χ3v) is 12.7. The molecule has 9 aromatic carbocycles. The van der Waals surface area contributed by atoms with Gasteiger partial charge in [-0.3, -0.25) is 0 Å². The van der Waals surface area contributed by atoms with E-state index in [1.165, 1.54) is 108 Å². The quantitative estimate of drug-likeness (QED) is 0.172. The molecule has 12 aromatic rings. The van der Waals surface area contributed by atoms with Crippen LogP contribution in [-0.2, 0) is 0 Å². The average molecular weight is 717 g/mol. The van der Waals surface area contributed by atoms with Gasteiger partial charge in [0.05, 0.1) is 27.8 Å². The van der Waals surface area contributed by atoms with E-state index in [1.54, 1.807) is 0 Å². The van der Waals surface area contributed by atoms with Crippen molar-refractivity contribution in [2.24, 2.45) is 0 Å². The van der Waals surface area contributed by atoms with Gasteiger partial charge in [0.15, 0.2) is 0 Å². The molecule has 0 aliphatic rings. The van der Waals surface area contributed by atoms with Crippen LogP contribution in [0.4, 0.5) is 0 Å². The number of benzene rings is 9. The second-order valence-electron chi connectivity index (χ2n) is 14.5. The summed E-state index contributed by atoms with van der Waals surface area (Å²) in [6.45, 7) is 0. The van der Waals surface area contributed by atoms with Gasteiger partial charge in [-0.05, 0) is 88.3 Å². The molecule has 2 nitrogen and oxygen atoms in total. The minimum Gasteiger partial charge on any atom is -0.309 e. The molecule has 0 spiro atoms. The van der Waals surface area contributed by atoms with Crippen molar-refractivity contribution < 1.29 is 0 Å². The zero-order chi connectivity index (χ0) is 36.0. The highest BCUT2D eigenvalue weighted by Crippen LogP contribution is 2.42. The molecule has 0 atom stereocenters. The summed E-state index contributed by atoms with van der Waals surface area (Å²) in [5, 5.41) is 10.2. The Hall–Kier alpha value is -6.94. The van der Waals surface area contributed by atoms with Crippen molar-refractivity contribution in [1.29, 1.82) is 0 Å². The Morgan fingerprint density at radius 1 is 0.327 bits per heavy atom. The smallest absolute Gasteiger partial charge is 0.0547 e. The Balaban J connectivity index is 1.02. The maximum Gasteiger partial charge on any atom is 0.0547 e. The van der Waals surface area contributed by atoms with Gasteiger partial charge in [0.1, 0.15) is 0 Å². The Morgan fingerprint density at radius 3 is 1.82 bits per heavy atom. The van der Waals surface area contributed by atoms with E-state index in [1.807, 2.05) is 11.3 Å². The van der Waals surface area contributed by atoms with Crippen LogP contribution in [0.3, 0.4) is 0 Å². The topological polar surface area (TPSA) is 9.86 Å². The standard InChI is InChI=1S/C52H32N2S/c1-2-13-37(14-3-1)53-47-20-7-4-15-40(47)42-28-24-34(32-50(42)53)33-26-29-49-45(31-33)41-16-5-8-21-48(41)54(49)46-22-10-12-35-30-36(25-27-38(35)46)39-18-11-19-44-43-17-6-9-23-51(43)55-52(39)44/h1-32H. The minimum atomic E-state index is 1.17. The summed E-state index contributed by atoms with van der Waals surface area (Å²) in [5.41, 5.74) is 12.2. The molecule has 3 heterocycles. The molecule has 55 heavy (non-hydrogen) atoms. The van der Waals surface area contributed by atoms with E-state index in [9.17, 15) is 0 Å². The lowest BCUT2D eigenvalue weighted by Gasteiger charge is -2.13. The Morgan fingerprint density at radius 2 is 0.945 bits per heavy atom. The highest BCUT2D eigenvalue weighted by atomic mass is 32.1. The summed E-state index contributed by atoms with van der Waals surface area (Å²) in [4.78, 5) is 0. The zero-order valence-electron chi connectivity index (χ0n) is 29.8. The minimum absolute atomic E-state index is 1.17. The van der Waals surface area contributed by atoms with Crippen molar-refractivity contribution in [2.75, 3.05) is 0 Å². The molecule has 0 saturated heterocycles. The molecule has 0 unspecified atom stereocenters. The van der Waals surface area contributed by atoms with Gasteiger partial charge in [-0.25, -0.2) is 0 Å². The number of rotatable bonds is 4. The lowest BCUT2D eigenvalue weighted by atomic mass is 9.98. The molecule has 256 valence electrons. The van der Waals surface area contributed by atoms with Crippen molar-refractivity contribution in [3.8, 4) is 33.6 Å². The van der Waals surface area contributed by atoms with E-state index in [-0.39, 0.29) is 0 Å². The van der Waals surface area contributed by atoms with Crippen LogP contribution in [0, 0.1) is 0 Å². The fourth-order valence-corrected chi connectivity index (χ4v) is 10.3. The van der Waals surface area contributed by atoms with Crippen LogP contribution >= 0.6 is 11.3 Å². The summed E-state index contributed by atoms with van der Waals surface area (Å²) in [7, 11) is 0. The Labute approximate surface area is 321 Å². The van der Waals surface area contributed by atoms with Crippen LogP contribution in [0.2, 0.25) is 0 Å². The van der Waals surface area contributed by atoms with Crippen LogP contribution in [0.15, 0.2) is 194 Å². The first kappa shape index (κ1) is 30.5. The third-order valence-electron chi connectivity index (χ3n) is 11.5. The summed E-state index contributed by atoms with van der Waals surface area (Å²) in [5.74, 6) is 0. The number of para-hydroxylation sites is 3. The van der Waals surface area contributed by atoms with Gasteiger partial charge in [0, 0.05) is 52.8 Å². The second kappa shape index (κ2) is 11.8. The molecular formula is C52H32N2S. The predicted molar refractivity (Wildman–Crippen MR) is 236 cm³/mol. The average Bonchev–Trinajstić information content (AvgIpc) is 3.91. The monoisotopic (exact) mass is 716 g/mol. The van der Waals surface area contributed by atoms with Gasteiger partial charge in [-0.15, -0.1) is 11.3 Å². The van der Waals surface area contributed by atoms with E-state index < -0.39 is 0 Å². The molecule has 12 rings (SSSR count). The van der Waals surface area contributed by atoms with E-state index in [4.69, 9.17) is 0 Å². The van der Waals surface area contributed by atoms with Gasteiger partial charge >= 0.3 is 0 Å². The summed E-state index contributed by atoms with van der Waals surface area (Å²) in [6, 6.07) is 71.4. The highest BCUT2D eigenvalue weighted by Gasteiger charge is 2.18. The molecule has 0 amide bonds. The molecule has 0 bridgehead atoms. The largest absolute Gasteiger partial charge is 0.309 e. The number of hydrogen-bond donors (Lipinski definition) is 0. The van der Waals surface area contributed by atoms with E-state index >= 15 is 0 Å². The van der Waals surface area contributed by atoms with Gasteiger partial charge in [-0.1, -0.05) is 133 Å². The van der Waals surface area contributed by atoms with Gasteiger partial charge in [-0.2, -0.15) is 0 Å². The van der Waals surface area contributed by atoms with E-state index in [2.05, 4.69) is 203 Å². The number of nitrogens with zero attached hydrogens (tertiary/aromatic N) is 2. The first-order chi connectivity index (χ1) is 27.3. The molecule has 3 aromatic heterocycles. The van der Waals surface area contributed by atoms with Crippen molar-refractivity contribution in [1.82, 2.24) is 9.13 Å². The van der Waals surface area contributed by atoms with E-state index in [0.717, 1.165) is 0 Å². The van der Waals surface area contributed by atoms with Crippen LogP contribution in [0.1, 0.15) is 0 Å². The van der Waals surface area contributed by atoms with Gasteiger partial charge in [0.25, 0.3) is 0 Å². The SMILES string of the molecule is c1ccc(-n2c3ccccc3c3ccc(-c4ccc5c(c4)c4ccccc4n5-c4cccc5cc(-c6cccc7c6sc6ccccc67)ccc45)cc32)cc1. The molecule has 0 radical (unpaired) electrons. The first-order valence-electron chi connectivity index (χ1n) is 18.8. The van der Waals surface area contributed by atoms with Crippen molar-refractivity contribution in [3.05, 3.63) is 194 Å². The zero-order valence-corrected chi connectivity index (χ0v) is 30.6. The molecule has 0 N–H and O–H groups in total. The molecule has 0 fully saturated rings. The molecule has 0 saturated carbocycles. The molecule has 0 aliphatic heterocycles. The summed E-state index contributed by atoms with van der Waals surface area (Å²) < 4.78 is 7.53. The fourth-order valence-electron chi connectivity index (χ4n) is 9.02. The lowest BCUT2D eigenvalue weighted by molar-refractivity contribution is 1.18. The van der Waals surface area contributed by atoms with Crippen LogP contribution in [-0.4, -0.2) is 9.13 Å².